The van der Waals surface area contributed by atoms with Gasteiger partial charge in [0.25, 0.3) is 0 Å². The minimum atomic E-state index is -0.400. The van der Waals surface area contributed by atoms with Crippen LogP contribution < -0.4 is 0 Å². The lowest BCUT2D eigenvalue weighted by Gasteiger charge is -2.12. The maximum Gasteiger partial charge on any atom is 0.0690 e. The van der Waals surface area contributed by atoms with Gasteiger partial charge in [0.05, 0.1) is 5.60 Å². The van der Waals surface area contributed by atoms with Crippen molar-refractivity contribution in [2.24, 2.45) is 0 Å². The molecule has 0 radical (unpaired) electrons. The number of aryl methyl sites for hydroxylation is 2. The Morgan fingerprint density at radius 1 is 1.36 bits per heavy atom. The number of rotatable bonds is 2. The molecule has 1 aromatic carbocycles. The summed E-state index contributed by atoms with van der Waals surface area (Å²) >= 11 is 3.58. The van der Waals surface area contributed by atoms with Gasteiger partial charge in [0.15, 0.2) is 0 Å². The quantitative estimate of drug-likeness (QED) is 0.860. The van der Waals surface area contributed by atoms with E-state index in [1.54, 1.807) is 0 Å². The predicted octanol–water partition coefficient (Wildman–Crippen LogP) is 3.13. The van der Waals surface area contributed by atoms with Crippen LogP contribution in [0.2, 0.25) is 0 Å². The van der Waals surface area contributed by atoms with Gasteiger partial charge < -0.3 is 5.11 Å². The molecular formula is C12H15BrO. The lowest BCUT2D eigenvalue weighted by molar-refractivity contribution is 0.151. The molecule has 0 bridgehead atoms. The van der Waals surface area contributed by atoms with Crippen molar-refractivity contribution in [2.45, 2.75) is 38.7 Å². The predicted molar refractivity (Wildman–Crippen MR) is 61.5 cm³/mol. The van der Waals surface area contributed by atoms with Crippen LogP contribution in [-0.4, -0.2) is 10.7 Å². The molecular weight excluding hydrogens is 240 g/mol. The molecule has 14 heavy (non-hydrogen) atoms. The number of halogens is 1. The van der Waals surface area contributed by atoms with E-state index in [4.69, 9.17) is 0 Å². The minimum Gasteiger partial charge on any atom is -0.390 e. The number of benzene rings is 1. The Labute approximate surface area is 93.3 Å². The molecule has 2 heteroatoms. The number of aliphatic hydroxyl groups is 1. The molecule has 1 aliphatic rings. The van der Waals surface area contributed by atoms with E-state index in [9.17, 15) is 5.11 Å². The van der Waals surface area contributed by atoms with Crippen LogP contribution in [0.4, 0.5) is 0 Å². The highest BCUT2D eigenvalue weighted by molar-refractivity contribution is 9.10. The van der Waals surface area contributed by atoms with Gasteiger partial charge in [-0.25, -0.2) is 0 Å². The Bertz CT molecular complexity index is 367. The van der Waals surface area contributed by atoms with Gasteiger partial charge in [-0.2, -0.15) is 0 Å². The second kappa shape index (κ2) is 3.35. The Hall–Kier alpha value is -0.340. The Morgan fingerprint density at radius 2 is 2.00 bits per heavy atom. The van der Waals surface area contributed by atoms with Crippen molar-refractivity contribution in [3.05, 3.63) is 33.3 Å². The van der Waals surface area contributed by atoms with Crippen LogP contribution in [-0.2, 0) is 6.42 Å². The summed E-state index contributed by atoms with van der Waals surface area (Å²) in [7, 11) is 0. The first-order valence-corrected chi connectivity index (χ1v) is 5.77. The van der Waals surface area contributed by atoms with E-state index in [-0.39, 0.29) is 0 Å². The highest BCUT2D eigenvalue weighted by atomic mass is 79.9. The van der Waals surface area contributed by atoms with Crippen LogP contribution in [0.25, 0.3) is 0 Å². The van der Waals surface area contributed by atoms with E-state index in [1.807, 2.05) is 0 Å². The maximum absolute atomic E-state index is 9.87. The molecule has 1 saturated carbocycles. The molecule has 0 aromatic heterocycles. The Kier molecular flexibility index (Phi) is 2.44. The van der Waals surface area contributed by atoms with Crippen LogP contribution >= 0.6 is 15.9 Å². The average molecular weight is 255 g/mol. The van der Waals surface area contributed by atoms with Gasteiger partial charge in [0.1, 0.15) is 0 Å². The molecule has 0 heterocycles. The molecule has 1 aromatic rings. The minimum absolute atomic E-state index is 0.400. The largest absolute Gasteiger partial charge is 0.390 e. The summed E-state index contributed by atoms with van der Waals surface area (Å²) in [6, 6.07) is 4.32. The maximum atomic E-state index is 9.87. The molecule has 0 saturated heterocycles. The summed E-state index contributed by atoms with van der Waals surface area (Å²) in [5.41, 5.74) is 3.36. The van der Waals surface area contributed by atoms with Crippen molar-refractivity contribution in [3.63, 3.8) is 0 Å². The van der Waals surface area contributed by atoms with Crippen LogP contribution in [0.3, 0.4) is 0 Å². The molecule has 2 rings (SSSR count). The summed E-state index contributed by atoms with van der Waals surface area (Å²) in [6.07, 6.45) is 2.69. The van der Waals surface area contributed by atoms with E-state index in [2.05, 4.69) is 41.9 Å². The molecule has 1 N–H and O–H groups in total. The lowest BCUT2D eigenvalue weighted by atomic mass is 10.0. The second-order valence-corrected chi connectivity index (χ2v) is 5.25. The molecule has 1 aliphatic carbocycles. The van der Waals surface area contributed by atoms with Gasteiger partial charge >= 0.3 is 0 Å². The summed E-state index contributed by atoms with van der Waals surface area (Å²) in [5.74, 6) is 0. The van der Waals surface area contributed by atoms with E-state index in [1.165, 1.54) is 16.7 Å². The summed E-state index contributed by atoms with van der Waals surface area (Å²) in [5, 5.41) is 9.87. The zero-order valence-corrected chi connectivity index (χ0v) is 10.2. The topological polar surface area (TPSA) is 20.2 Å². The normalized spacial score (nSPS) is 18.3. The third kappa shape index (κ3) is 2.01. The number of hydrogen-bond donors (Lipinski definition) is 1. The summed E-state index contributed by atoms with van der Waals surface area (Å²) in [6.45, 7) is 4.19. The smallest absolute Gasteiger partial charge is 0.0690 e. The summed E-state index contributed by atoms with van der Waals surface area (Å²) in [4.78, 5) is 0. The molecule has 1 nitrogen and oxygen atoms in total. The highest BCUT2D eigenvalue weighted by Crippen LogP contribution is 2.40. The molecule has 76 valence electrons. The Morgan fingerprint density at radius 3 is 2.57 bits per heavy atom. The Balaban J connectivity index is 2.32. The van der Waals surface area contributed by atoms with Gasteiger partial charge in [-0.15, -0.1) is 0 Å². The third-order valence-corrected chi connectivity index (χ3v) is 3.96. The van der Waals surface area contributed by atoms with Crippen molar-refractivity contribution >= 4 is 15.9 Å². The van der Waals surface area contributed by atoms with E-state index >= 15 is 0 Å². The molecule has 0 atom stereocenters. The summed E-state index contributed by atoms with van der Waals surface area (Å²) < 4.78 is 1.16. The average Bonchev–Trinajstić information content (AvgIpc) is 2.79. The van der Waals surface area contributed by atoms with Gasteiger partial charge in [0.2, 0.25) is 0 Å². The first kappa shape index (κ1) is 10.2. The van der Waals surface area contributed by atoms with E-state index in [0.717, 1.165) is 23.7 Å². The SMILES string of the molecule is Cc1cc(C)c(Br)c(CC2(O)CC2)c1. The van der Waals surface area contributed by atoms with Crippen LogP contribution in [0.15, 0.2) is 16.6 Å². The fourth-order valence-electron chi connectivity index (χ4n) is 1.84. The van der Waals surface area contributed by atoms with Crippen molar-refractivity contribution < 1.29 is 5.11 Å². The van der Waals surface area contributed by atoms with Crippen molar-refractivity contribution in [1.82, 2.24) is 0 Å². The van der Waals surface area contributed by atoms with Gasteiger partial charge in [-0.1, -0.05) is 33.6 Å². The molecule has 0 amide bonds. The standard InChI is InChI=1S/C12H15BrO/c1-8-5-9(2)11(13)10(6-8)7-12(14)3-4-12/h5-6,14H,3-4,7H2,1-2H3. The molecule has 0 aliphatic heterocycles. The fraction of sp³-hybridized carbons (Fsp3) is 0.500. The van der Waals surface area contributed by atoms with Crippen LogP contribution in [0.5, 0.6) is 0 Å². The van der Waals surface area contributed by atoms with Crippen molar-refractivity contribution in [1.29, 1.82) is 0 Å². The highest BCUT2D eigenvalue weighted by Gasteiger charge is 2.40. The third-order valence-electron chi connectivity index (χ3n) is 2.82. The van der Waals surface area contributed by atoms with Gasteiger partial charge in [0, 0.05) is 10.9 Å². The van der Waals surface area contributed by atoms with Crippen LogP contribution in [0.1, 0.15) is 29.5 Å². The first-order valence-electron chi connectivity index (χ1n) is 4.98. The van der Waals surface area contributed by atoms with Crippen LogP contribution in [0, 0.1) is 13.8 Å². The first-order chi connectivity index (χ1) is 6.50. The fourth-order valence-corrected chi connectivity index (χ4v) is 2.21. The van der Waals surface area contributed by atoms with E-state index < -0.39 is 5.60 Å². The van der Waals surface area contributed by atoms with Crippen molar-refractivity contribution in [3.8, 4) is 0 Å². The molecule has 0 spiro atoms. The molecule has 0 unspecified atom stereocenters. The second-order valence-electron chi connectivity index (χ2n) is 4.46. The van der Waals surface area contributed by atoms with E-state index in [0.29, 0.717) is 0 Å². The number of hydrogen-bond acceptors (Lipinski definition) is 1. The molecule has 1 fully saturated rings. The zero-order chi connectivity index (χ0) is 10.3. The van der Waals surface area contributed by atoms with Gasteiger partial charge in [-0.05, 0) is 37.8 Å². The van der Waals surface area contributed by atoms with Gasteiger partial charge in [-0.3, -0.25) is 0 Å². The van der Waals surface area contributed by atoms with Crippen molar-refractivity contribution in [2.75, 3.05) is 0 Å². The zero-order valence-electron chi connectivity index (χ0n) is 8.60. The monoisotopic (exact) mass is 254 g/mol. The lowest BCUT2D eigenvalue weighted by Crippen LogP contribution is -2.11.